The van der Waals surface area contributed by atoms with Gasteiger partial charge in [-0.3, -0.25) is 9.59 Å². The molecule has 35 heavy (non-hydrogen) atoms. The van der Waals surface area contributed by atoms with Crippen molar-refractivity contribution in [3.63, 3.8) is 0 Å². The first-order valence-corrected chi connectivity index (χ1v) is 15.1. The predicted octanol–water partition coefficient (Wildman–Crippen LogP) is 4.01. The van der Waals surface area contributed by atoms with Gasteiger partial charge in [-0.05, 0) is 75.1 Å². The zero-order valence-electron chi connectivity index (χ0n) is 20.7. The molecular weight excluding hydrogens is 462 g/mol. The molecule has 0 radical (unpaired) electrons. The highest BCUT2D eigenvalue weighted by Crippen LogP contribution is 2.35. The third-order valence-electron chi connectivity index (χ3n) is 8.55. The second kappa shape index (κ2) is 10.6. The lowest BCUT2D eigenvalue weighted by molar-refractivity contribution is -0.127. The molecule has 5 rings (SSSR count). The Labute approximate surface area is 209 Å². The van der Waals surface area contributed by atoms with E-state index < -0.39 is 10.0 Å². The van der Waals surface area contributed by atoms with Crippen molar-refractivity contribution in [3.8, 4) is 0 Å². The van der Waals surface area contributed by atoms with Crippen molar-refractivity contribution < 1.29 is 18.0 Å². The summed E-state index contributed by atoms with van der Waals surface area (Å²) in [7, 11) is -3.63. The van der Waals surface area contributed by atoms with E-state index in [1.54, 1.807) is 12.1 Å². The number of aryl methyl sites for hydroxylation is 1. The van der Waals surface area contributed by atoms with Crippen LogP contribution in [-0.4, -0.2) is 50.2 Å². The van der Waals surface area contributed by atoms with E-state index >= 15 is 0 Å². The molecule has 0 atom stereocenters. The number of hydrogen-bond acceptors (Lipinski definition) is 4. The van der Waals surface area contributed by atoms with Gasteiger partial charge in [0, 0.05) is 43.2 Å². The monoisotopic (exact) mass is 501 g/mol. The Hall–Kier alpha value is -1.93. The molecule has 2 heterocycles. The minimum Gasteiger partial charge on any atom is -0.353 e. The molecule has 2 saturated carbocycles. The zero-order chi connectivity index (χ0) is 24.4. The molecule has 0 spiro atoms. The standard InChI is InChI=1S/C27H39N3O4S/c31-26(28-23-10-3-1-2-4-11-23)20-14-17-29(18-15-20)35(33,34)24-12-13-25-22(19-24)9-6-16-30(25)27(32)21-7-5-8-21/h12-13,19-21,23H,1-11,14-18H2,(H,28,31). The van der Waals surface area contributed by atoms with E-state index in [1.807, 2.05) is 11.0 Å². The van der Waals surface area contributed by atoms with Crippen LogP contribution >= 0.6 is 0 Å². The minimum atomic E-state index is -3.63. The van der Waals surface area contributed by atoms with Crippen LogP contribution in [0.1, 0.15) is 82.6 Å². The van der Waals surface area contributed by atoms with E-state index in [9.17, 15) is 18.0 Å². The molecule has 1 N–H and O–H groups in total. The van der Waals surface area contributed by atoms with Gasteiger partial charge in [-0.1, -0.05) is 32.1 Å². The molecule has 4 aliphatic rings. The van der Waals surface area contributed by atoms with Crippen LogP contribution in [0.4, 0.5) is 5.69 Å². The molecule has 2 amide bonds. The molecule has 2 aliphatic carbocycles. The van der Waals surface area contributed by atoms with Gasteiger partial charge in [-0.15, -0.1) is 0 Å². The number of hydrogen-bond donors (Lipinski definition) is 1. The second-order valence-electron chi connectivity index (χ2n) is 10.9. The van der Waals surface area contributed by atoms with Crippen molar-refractivity contribution >= 4 is 27.5 Å². The summed E-state index contributed by atoms with van der Waals surface area (Å²) in [5.74, 6) is 0.306. The summed E-state index contributed by atoms with van der Waals surface area (Å²) in [6.45, 7) is 1.45. The maximum atomic E-state index is 13.4. The Kier molecular flexibility index (Phi) is 7.49. The van der Waals surface area contributed by atoms with Crippen LogP contribution in [0.5, 0.6) is 0 Å². The number of anilines is 1. The molecule has 0 bridgehead atoms. The topological polar surface area (TPSA) is 86.8 Å². The minimum absolute atomic E-state index is 0.0962. The Balaban J connectivity index is 1.21. The molecule has 0 unspecified atom stereocenters. The van der Waals surface area contributed by atoms with Crippen LogP contribution in [0.2, 0.25) is 0 Å². The number of nitrogens with zero attached hydrogens (tertiary/aromatic N) is 2. The van der Waals surface area contributed by atoms with Crippen LogP contribution < -0.4 is 10.2 Å². The van der Waals surface area contributed by atoms with Gasteiger partial charge in [0.05, 0.1) is 4.90 Å². The van der Waals surface area contributed by atoms with Crippen molar-refractivity contribution in [1.29, 1.82) is 0 Å². The lowest BCUT2D eigenvalue weighted by Gasteiger charge is -2.35. The number of sulfonamides is 1. The molecule has 7 nitrogen and oxygen atoms in total. The molecule has 2 aliphatic heterocycles. The number of benzene rings is 1. The number of piperidine rings is 1. The van der Waals surface area contributed by atoms with Crippen molar-refractivity contribution in [2.45, 2.75) is 94.4 Å². The summed E-state index contributed by atoms with van der Waals surface area (Å²) in [6, 6.07) is 5.53. The first-order chi connectivity index (χ1) is 16.9. The average Bonchev–Trinajstić information content (AvgIpc) is 3.11. The molecule has 1 aromatic carbocycles. The Morgan fingerprint density at radius 2 is 1.51 bits per heavy atom. The van der Waals surface area contributed by atoms with Gasteiger partial charge >= 0.3 is 0 Å². The Morgan fingerprint density at radius 1 is 0.800 bits per heavy atom. The number of nitrogens with one attached hydrogen (secondary N) is 1. The van der Waals surface area contributed by atoms with Crippen molar-refractivity contribution in [2.75, 3.05) is 24.5 Å². The maximum absolute atomic E-state index is 13.4. The summed E-state index contributed by atoms with van der Waals surface area (Å²) < 4.78 is 28.4. The van der Waals surface area contributed by atoms with Crippen LogP contribution in [-0.2, 0) is 26.0 Å². The van der Waals surface area contributed by atoms with Gasteiger partial charge in [-0.2, -0.15) is 4.31 Å². The van der Waals surface area contributed by atoms with Crippen LogP contribution in [0.15, 0.2) is 23.1 Å². The van der Waals surface area contributed by atoms with Crippen molar-refractivity contribution in [1.82, 2.24) is 9.62 Å². The van der Waals surface area contributed by atoms with E-state index in [-0.39, 0.29) is 29.7 Å². The maximum Gasteiger partial charge on any atom is 0.243 e. The van der Waals surface area contributed by atoms with Gasteiger partial charge < -0.3 is 10.2 Å². The number of carbonyl (C=O) groups is 2. The lowest BCUT2D eigenvalue weighted by atomic mass is 9.83. The third kappa shape index (κ3) is 5.29. The first-order valence-electron chi connectivity index (χ1n) is 13.7. The van der Waals surface area contributed by atoms with Crippen LogP contribution in [0.3, 0.4) is 0 Å². The van der Waals surface area contributed by atoms with Crippen molar-refractivity contribution in [3.05, 3.63) is 23.8 Å². The molecule has 0 aromatic heterocycles. The van der Waals surface area contributed by atoms with E-state index in [0.717, 1.165) is 56.2 Å². The predicted molar refractivity (Wildman–Crippen MR) is 136 cm³/mol. The normalized spacial score (nSPS) is 23.3. The highest BCUT2D eigenvalue weighted by molar-refractivity contribution is 7.89. The van der Waals surface area contributed by atoms with Crippen LogP contribution in [0.25, 0.3) is 0 Å². The van der Waals surface area contributed by atoms with E-state index in [1.165, 1.54) is 30.0 Å². The Morgan fingerprint density at radius 3 is 2.17 bits per heavy atom. The summed E-state index contributed by atoms with van der Waals surface area (Å²) in [5.41, 5.74) is 1.82. The van der Waals surface area contributed by atoms with E-state index in [4.69, 9.17) is 0 Å². The molecule has 1 aromatic rings. The van der Waals surface area contributed by atoms with Gasteiger partial charge in [0.1, 0.15) is 0 Å². The quantitative estimate of drug-likeness (QED) is 0.618. The smallest absolute Gasteiger partial charge is 0.243 e. The van der Waals surface area contributed by atoms with Crippen molar-refractivity contribution in [2.24, 2.45) is 11.8 Å². The number of amides is 2. The Bertz CT molecular complexity index is 1040. The molecular formula is C27H39N3O4S. The molecule has 3 fully saturated rings. The highest BCUT2D eigenvalue weighted by atomic mass is 32.2. The SMILES string of the molecule is O=C(NC1CCCCCC1)C1CCN(S(=O)(=O)c2ccc3c(c2)CCCN3C(=O)C2CCC2)CC1. The summed E-state index contributed by atoms with van der Waals surface area (Å²) in [4.78, 5) is 27.9. The van der Waals surface area contributed by atoms with Gasteiger partial charge in [0.2, 0.25) is 21.8 Å². The molecule has 8 heteroatoms. The highest BCUT2D eigenvalue weighted by Gasteiger charge is 2.35. The van der Waals surface area contributed by atoms with E-state index in [2.05, 4.69) is 5.32 Å². The zero-order valence-corrected chi connectivity index (χ0v) is 21.5. The number of carbonyl (C=O) groups excluding carboxylic acids is 2. The summed E-state index contributed by atoms with van der Waals surface area (Å²) >= 11 is 0. The lowest BCUT2D eigenvalue weighted by Crippen LogP contribution is -2.45. The second-order valence-corrected chi connectivity index (χ2v) is 12.8. The number of rotatable bonds is 5. The largest absolute Gasteiger partial charge is 0.353 e. The van der Waals surface area contributed by atoms with Gasteiger partial charge in [0.15, 0.2) is 0 Å². The summed E-state index contributed by atoms with van der Waals surface area (Å²) in [5, 5.41) is 3.24. The van der Waals surface area contributed by atoms with Gasteiger partial charge in [-0.25, -0.2) is 8.42 Å². The van der Waals surface area contributed by atoms with Crippen LogP contribution in [0, 0.1) is 11.8 Å². The molecule has 1 saturated heterocycles. The first kappa shape index (κ1) is 24.8. The van der Waals surface area contributed by atoms with E-state index in [0.29, 0.717) is 37.4 Å². The fraction of sp³-hybridized carbons (Fsp3) is 0.704. The fourth-order valence-electron chi connectivity index (χ4n) is 6.09. The summed E-state index contributed by atoms with van der Waals surface area (Å²) in [6.07, 6.45) is 12.8. The third-order valence-corrected chi connectivity index (χ3v) is 10.4. The molecule has 192 valence electrons. The van der Waals surface area contributed by atoms with Gasteiger partial charge in [0.25, 0.3) is 0 Å². The number of fused-ring (bicyclic) bond motifs is 1. The fourth-order valence-corrected chi connectivity index (χ4v) is 7.61. The average molecular weight is 502 g/mol.